The molecule has 0 spiro atoms. The van der Waals surface area contributed by atoms with Crippen LogP contribution in [0.4, 0.5) is 5.82 Å². The molecule has 3 rings (SSSR count). The Hall–Kier alpha value is -2.61. The van der Waals surface area contributed by atoms with Crippen LogP contribution in [0.2, 0.25) is 0 Å². The summed E-state index contributed by atoms with van der Waals surface area (Å²) < 4.78 is 34.4. The average molecular weight is 346 g/mol. The van der Waals surface area contributed by atoms with Crippen molar-refractivity contribution in [2.24, 2.45) is 0 Å². The van der Waals surface area contributed by atoms with E-state index in [1.54, 1.807) is 36.0 Å². The second kappa shape index (κ2) is 6.12. The third-order valence-corrected chi connectivity index (χ3v) is 4.85. The molecule has 24 heavy (non-hydrogen) atoms. The van der Waals surface area contributed by atoms with Gasteiger partial charge < -0.3 is 4.42 Å². The molecular weight excluding hydrogens is 328 g/mol. The van der Waals surface area contributed by atoms with Gasteiger partial charge in [-0.05, 0) is 26.0 Å². The first-order chi connectivity index (χ1) is 11.4. The topological polar surface area (TPSA) is 90.0 Å². The van der Waals surface area contributed by atoms with E-state index in [4.69, 9.17) is 4.42 Å². The van der Waals surface area contributed by atoms with E-state index in [-0.39, 0.29) is 10.9 Å². The van der Waals surface area contributed by atoms with Crippen molar-refractivity contribution in [3.63, 3.8) is 0 Å². The van der Waals surface area contributed by atoms with Gasteiger partial charge in [0.2, 0.25) is 0 Å². The summed E-state index contributed by atoms with van der Waals surface area (Å²) in [5.74, 6) is 0.992. The summed E-state index contributed by atoms with van der Waals surface area (Å²) in [5, 5.41) is 4.12. The first-order valence-electron chi connectivity index (χ1n) is 7.46. The Morgan fingerprint density at radius 2 is 1.88 bits per heavy atom. The van der Waals surface area contributed by atoms with Gasteiger partial charge in [0.1, 0.15) is 17.8 Å². The summed E-state index contributed by atoms with van der Waals surface area (Å²) in [5.41, 5.74) is 1.46. The normalized spacial score (nSPS) is 11.8. The number of aryl methyl sites for hydroxylation is 1. The van der Waals surface area contributed by atoms with E-state index < -0.39 is 10.0 Å². The number of sulfonamides is 1. The standard InChI is InChI=1S/C16H18N4O3S/c1-11(2)20-16(8-9-17-20)19-24(21,22)14-6-4-13(5-7-14)15-10-23-12(3)18-15/h4-11,19H,1-3H3. The van der Waals surface area contributed by atoms with Crippen LogP contribution in [0.25, 0.3) is 11.3 Å². The first-order valence-corrected chi connectivity index (χ1v) is 8.94. The Balaban J connectivity index is 1.86. The SMILES string of the molecule is Cc1nc(-c2ccc(S(=O)(=O)Nc3ccnn3C(C)C)cc2)co1. The minimum absolute atomic E-state index is 0.0514. The maximum Gasteiger partial charge on any atom is 0.263 e. The van der Waals surface area contributed by atoms with Gasteiger partial charge in [-0.15, -0.1) is 0 Å². The molecule has 0 amide bonds. The van der Waals surface area contributed by atoms with Crippen molar-refractivity contribution < 1.29 is 12.8 Å². The van der Waals surface area contributed by atoms with E-state index in [2.05, 4.69) is 14.8 Å². The van der Waals surface area contributed by atoms with Crippen LogP contribution < -0.4 is 4.72 Å². The van der Waals surface area contributed by atoms with Crippen LogP contribution in [0.3, 0.4) is 0 Å². The lowest BCUT2D eigenvalue weighted by Crippen LogP contribution is -2.17. The van der Waals surface area contributed by atoms with Gasteiger partial charge in [0.15, 0.2) is 5.89 Å². The Labute approximate surface area is 140 Å². The summed E-state index contributed by atoms with van der Waals surface area (Å²) in [4.78, 5) is 4.39. The third kappa shape index (κ3) is 3.18. The van der Waals surface area contributed by atoms with Crippen molar-refractivity contribution in [3.8, 4) is 11.3 Å². The van der Waals surface area contributed by atoms with Crippen molar-refractivity contribution in [1.29, 1.82) is 0 Å². The lowest BCUT2D eigenvalue weighted by atomic mass is 10.2. The van der Waals surface area contributed by atoms with Crippen molar-refractivity contribution in [2.75, 3.05) is 4.72 Å². The second-order valence-electron chi connectivity index (χ2n) is 5.64. The number of nitrogens with zero attached hydrogens (tertiary/aromatic N) is 3. The van der Waals surface area contributed by atoms with E-state index in [1.165, 1.54) is 18.4 Å². The van der Waals surface area contributed by atoms with Gasteiger partial charge >= 0.3 is 0 Å². The first kappa shape index (κ1) is 16.3. The maximum absolute atomic E-state index is 12.5. The molecule has 0 radical (unpaired) electrons. The molecule has 0 aliphatic heterocycles. The molecule has 126 valence electrons. The van der Waals surface area contributed by atoms with Crippen LogP contribution in [0.1, 0.15) is 25.8 Å². The smallest absolute Gasteiger partial charge is 0.263 e. The lowest BCUT2D eigenvalue weighted by molar-refractivity contribution is 0.521. The predicted molar refractivity (Wildman–Crippen MR) is 90.1 cm³/mol. The van der Waals surface area contributed by atoms with Crippen LogP contribution >= 0.6 is 0 Å². The molecule has 7 nitrogen and oxygen atoms in total. The summed E-state index contributed by atoms with van der Waals surface area (Å²) >= 11 is 0. The molecule has 0 bridgehead atoms. The minimum atomic E-state index is -3.69. The number of aromatic nitrogens is 3. The predicted octanol–water partition coefficient (Wildman–Crippen LogP) is 3.23. The molecule has 2 heterocycles. The molecular formula is C16H18N4O3S. The molecule has 1 aromatic carbocycles. The monoisotopic (exact) mass is 346 g/mol. The minimum Gasteiger partial charge on any atom is -0.449 e. The van der Waals surface area contributed by atoms with Crippen LogP contribution in [-0.2, 0) is 10.0 Å². The van der Waals surface area contributed by atoms with Gasteiger partial charge in [-0.25, -0.2) is 18.1 Å². The molecule has 8 heteroatoms. The number of rotatable bonds is 5. The van der Waals surface area contributed by atoms with E-state index in [1.807, 2.05) is 13.8 Å². The number of hydrogen-bond donors (Lipinski definition) is 1. The van der Waals surface area contributed by atoms with Gasteiger partial charge in [-0.3, -0.25) is 4.72 Å². The van der Waals surface area contributed by atoms with Gasteiger partial charge in [-0.1, -0.05) is 12.1 Å². The average Bonchev–Trinajstić information content (AvgIpc) is 3.16. The molecule has 0 aliphatic carbocycles. The highest BCUT2D eigenvalue weighted by atomic mass is 32.2. The number of hydrogen-bond acceptors (Lipinski definition) is 5. The number of oxazole rings is 1. The molecule has 3 aromatic rings. The summed E-state index contributed by atoms with van der Waals surface area (Å²) in [6.45, 7) is 5.61. The van der Waals surface area contributed by atoms with Gasteiger partial charge in [0.05, 0.1) is 11.1 Å². The van der Waals surface area contributed by atoms with Crippen LogP contribution in [0.15, 0.2) is 52.1 Å². The van der Waals surface area contributed by atoms with Crippen molar-refractivity contribution in [3.05, 3.63) is 48.7 Å². The van der Waals surface area contributed by atoms with Crippen LogP contribution in [0.5, 0.6) is 0 Å². The Morgan fingerprint density at radius 3 is 2.46 bits per heavy atom. The molecule has 0 fully saturated rings. The number of anilines is 1. The van der Waals surface area contributed by atoms with Crippen LogP contribution in [-0.4, -0.2) is 23.2 Å². The second-order valence-corrected chi connectivity index (χ2v) is 7.32. The van der Waals surface area contributed by atoms with Crippen LogP contribution in [0, 0.1) is 6.92 Å². The molecule has 0 saturated carbocycles. The van der Waals surface area contributed by atoms with Gasteiger partial charge in [-0.2, -0.15) is 5.10 Å². The van der Waals surface area contributed by atoms with E-state index in [0.717, 1.165) is 5.56 Å². The number of benzene rings is 1. The van der Waals surface area contributed by atoms with E-state index in [0.29, 0.717) is 17.4 Å². The summed E-state index contributed by atoms with van der Waals surface area (Å²) in [7, 11) is -3.69. The maximum atomic E-state index is 12.5. The summed E-state index contributed by atoms with van der Waals surface area (Å²) in [6.07, 6.45) is 3.10. The largest absolute Gasteiger partial charge is 0.449 e. The van der Waals surface area contributed by atoms with Crippen molar-refractivity contribution in [1.82, 2.24) is 14.8 Å². The Bertz CT molecular complexity index is 940. The molecule has 1 N–H and O–H groups in total. The quantitative estimate of drug-likeness (QED) is 0.766. The molecule has 0 saturated heterocycles. The van der Waals surface area contributed by atoms with E-state index >= 15 is 0 Å². The Kier molecular flexibility index (Phi) is 4.15. The highest BCUT2D eigenvalue weighted by Crippen LogP contribution is 2.23. The molecule has 0 atom stereocenters. The molecule has 0 unspecified atom stereocenters. The summed E-state index contributed by atoms with van der Waals surface area (Å²) in [6, 6.07) is 8.16. The van der Waals surface area contributed by atoms with Crippen molar-refractivity contribution in [2.45, 2.75) is 31.7 Å². The fourth-order valence-corrected chi connectivity index (χ4v) is 3.35. The third-order valence-electron chi connectivity index (χ3n) is 3.48. The van der Waals surface area contributed by atoms with Crippen molar-refractivity contribution >= 4 is 15.8 Å². The molecule has 2 aromatic heterocycles. The van der Waals surface area contributed by atoms with Gasteiger partial charge in [0.25, 0.3) is 10.0 Å². The highest BCUT2D eigenvalue weighted by molar-refractivity contribution is 7.92. The lowest BCUT2D eigenvalue weighted by Gasteiger charge is -2.13. The zero-order valence-corrected chi connectivity index (χ0v) is 14.4. The zero-order chi connectivity index (χ0) is 17.3. The fourth-order valence-electron chi connectivity index (χ4n) is 2.30. The highest BCUT2D eigenvalue weighted by Gasteiger charge is 2.17. The molecule has 0 aliphatic rings. The fraction of sp³-hybridized carbons (Fsp3) is 0.250. The van der Waals surface area contributed by atoms with E-state index in [9.17, 15) is 8.42 Å². The van der Waals surface area contributed by atoms with Gasteiger partial charge in [0, 0.05) is 24.6 Å². The Morgan fingerprint density at radius 1 is 1.17 bits per heavy atom. The number of nitrogens with one attached hydrogen (secondary N) is 1. The zero-order valence-electron chi connectivity index (χ0n) is 13.6.